The van der Waals surface area contributed by atoms with Gasteiger partial charge in [-0.1, -0.05) is 24.4 Å². The molecule has 1 aromatic heterocycles. The molecule has 26 heavy (non-hydrogen) atoms. The van der Waals surface area contributed by atoms with Crippen molar-refractivity contribution in [2.45, 2.75) is 39.0 Å². The molecule has 0 atom stereocenters. The number of hydrogen-bond donors (Lipinski definition) is 2. The number of aryl methyl sites for hydroxylation is 1. The number of benzene rings is 1. The highest BCUT2D eigenvalue weighted by molar-refractivity contribution is 5.91. The van der Waals surface area contributed by atoms with Gasteiger partial charge in [0, 0.05) is 18.7 Å². The normalized spacial score (nSPS) is 14.6. The van der Waals surface area contributed by atoms with E-state index in [4.69, 9.17) is 0 Å². The summed E-state index contributed by atoms with van der Waals surface area (Å²) in [5.74, 6) is 0.399. The molecule has 1 heterocycles. The molecule has 7 nitrogen and oxygen atoms in total. The first-order chi connectivity index (χ1) is 12.6. The van der Waals surface area contributed by atoms with Crippen LogP contribution in [-0.4, -0.2) is 29.6 Å². The lowest BCUT2D eigenvalue weighted by molar-refractivity contribution is -0.120. The smallest absolute Gasteiger partial charge is 0.228 e. The third-order valence-electron chi connectivity index (χ3n) is 4.11. The van der Waals surface area contributed by atoms with Crippen LogP contribution in [0.4, 0.5) is 15.9 Å². The number of rotatable bonds is 4. The van der Waals surface area contributed by atoms with Crippen molar-refractivity contribution in [2.24, 2.45) is 10.9 Å². The Kier molecular flexibility index (Phi) is 7.73. The monoisotopic (exact) mass is 361 g/mol. The van der Waals surface area contributed by atoms with Crippen LogP contribution in [0.2, 0.25) is 0 Å². The van der Waals surface area contributed by atoms with Crippen LogP contribution < -0.4 is 10.6 Å². The molecule has 1 aromatic carbocycles. The lowest BCUT2D eigenvalue weighted by Crippen LogP contribution is -2.24. The molecule has 2 N–H and O–H groups in total. The molecule has 8 heteroatoms. The van der Waals surface area contributed by atoms with E-state index in [0.29, 0.717) is 11.4 Å². The Balaban J connectivity index is 0.000000190. The van der Waals surface area contributed by atoms with Gasteiger partial charge in [-0.25, -0.2) is 9.02 Å². The quantitative estimate of drug-likeness (QED) is 0.638. The largest absolute Gasteiger partial charge is 0.347 e. The van der Waals surface area contributed by atoms with E-state index in [1.807, 2.05) is 0 Å². The maximum Gasteiger partial charge on any atom is 0.228 e. The van der Waals surface area contributed by atoms with Crippen LogP contribution in [0, 0.1) is 18.7 Å². The first kappa shape index (κ1) is 19.6. The average molecular weight is 361 g/mol. The van der Waals surface area contributed by atoms with Gasteiger partial charge >= 0.3 is 0 Å². The molecule has 0 radical (unpaired) electrons. The van der Waals surface area contributed by atoms with E-state index in [-0.39, 0.29) is 17.6 Å². The summed E-state index contributed by atoms with van der Waals surface area (Å²) in [6.07, 6.45) is 8.47. The Hall–Kier alpha value is -2.77. The van der Waals surface area contributed by atoms with E-state index >= 15 is 0 Å². The minimum atomic E-state index is -0.186. The zero-order valence-electron chi connectivity index (χ0n) is 15.0. The van der Waals surface area contributed by atoms with Crippen molar-refractivity contribution in [3.8, 4) is 0 Å². The summed E-state index contributed by atoms with van der Waals surface area (Å²) in [7, 11) is 1.67. The van der Waals surface area contributed by atoms with Crippen LogP contribution in [0.25, 0.3) is 0 Å². The lowest BCUT2D eigenvalue weighted by Gasteiger charge is -2.19. The van der Waals surface area contributed by atoms with Gasteiger partial charge in [0.2, 0.25) is 5.91 Å². The Morgan fingerprint density at radius 3 is 2.73 bits per heavy atom. The van der Waals surface area contributed by atoms with Crippen LogP contribution in [0.15, 0.2) is 34.0 Å². The maximum atomic E-state index is 12.8. The Labute approximate surface area is 152 Å². The second-order valence-corrected chi connectivity index (χ2v) is 6.11. The highest BCUT2D eigenvalue weighted by Crippen LogP contribution is 2.24. The van der Waals surface area contributed by atoms with E-state index in [9.17, 15) is 9.18 Å². The molecule has 0 bridgehead atoms. The lowest BCUT2D eigenvalue weighted by atomic mass is 9.89. The van der Waals surface area contributed by atoms with Crippen molar-refractivity contribution in [1.29, 1.82) is 0 Å². The van der Waals surface area contributed by atoms with E-state index in [1.165, 1.54) is 18.7 Å². The van der Waals surface area contributed by atoms with Gasteiger partial charge in [-0.15, -0.1) is 0 Å². The zero-order chi connectivity index (χ0) is 18.8. The number of nitrogens with one attached hydrogen (secondary N) is 2. The number of aliphatic imine (C=N–C) groups is 1. The number of aromatic nitrogens is 2. The fourth-order valence-corrected chi connectivity index (χ4v) is 2.69. The van der Waals surface area contributed by atoms with Crippen molar-refractivity contribution >= 4 is 23.8 Å². The summed E-state index contributed by atoms with van der Waals surface area (Å²) in [6.45, 7) is 1.73. The van der Waals surface area contributed by atoms with E-state index < -0.39 is 0 Å². The van der Waals surface area contributed by atoms with Crippen molar-refractivity contribution < 1.29 is 13.8 Å². The third kappa shape index (κ3) is 6.27. The number of nitrogens with zero attached hydrogens (tertiary/aromatic N) is 3. The van der Waals surface area contributed by atoms with Crippen molar-refractivity contribution in [1.82, 2.24) is 10.3 Å². The highest BCUT2D eigenvalue weighted by atomic mass is 19.1. The predicted octanol–water partition coefficient (Wildman–Crippen LogP) is 3.79. The molecule has 0 spiro atoms. The Morgan fingerprint density at radius 2 is 2.12 bits per heavy atom. The van der Waals surface area contributed by atoms with Gasteiger partial charge < -0.3 is 10.6 Å². The van der Waals surface area contributed by atoms with E-state index in [0.717, 1.165) is 31.4 Å². The van der Waals surface area contributed by atoms with Crippen LogP contribution in [0.3, 0.4) is 0 Å². The summed E-state index contributed by atoms with van der Waals surface area (Å²) in [5, 5.41) is 12.5. The topological polar surface area (TPSA) is 92.4 Å². The predicted molar refractivity (Wildman–Crippen MR) is 98.7 cm³/mol. The van der Waals surface area contributed by atoms with E-state index in [1.54, 1.807) is 32.4 Å². The van der Waals surface area contributed by atoms with Crippen LogP contribution in [0.1, 0.15) is 37.7 Å². The van der Waals surface area contributed by atoms with Gasteiger partial charge in [0.1, 0.15) is 12.0 Å². The average Bonchev–Trinajstić information content (AvgIpc) is 3.17. The molecule has 1 aliphatic carbocycles. The summed E-state index contributed by atoms with van der Waals surface area (Å²) in [4.78, 5) is 15.4. The molecule has 1 amide bonds. The number of carbonyl (C=O) groups excluding carboxylic acids is 1. The number of halogens is 1. The number of amides is 1. The standard InChI is InChI=1S/C9H11FN2.C9H13N3O2/c1-7-5-8(12-6-11-2)3-4-9(7)10;13-9(7-4-2-1-3-5-7)11-8-6-10-14-12-8/h3-6H,1-2H3,(H,11,12);6-7H,1-5H2,(H,11,12,13). The van der Waals surface area contributed by atoms with Gasteiger partial charge in [0.15, 0.2) is 5.82 Å². The van der Waals surface area contributed by atoms with Crippen LogP contribution in [-0.2, 0) is 4.79 Å². The SMILES string of the molecule is CN=CNc1ccc(F)c(C)c1.O=C(Nc1cnon1)C1CCCCC1. The molecule has 0 saturated heterocycles. The molecule has 0 aliphatic heterocycles. The third-order valence-corrected chi connectivity index (χ3v) is 4.11. The summed E-state index contributed by atoms with van der Waals surface area (Å²) in [6, 6.07) is 4.84. The minimum Gasteiger partial charge on any atom is -0.347 e. The zero-order valence-corrected chi connectivity index (χ0v) is 15.0. The van der Waals surface area contributed by atoms with Gasteiger partial charge in [0.25, 0.3) is 0 Å². The minimum absolute atomic E-state index is 0.0420. The van der Waals surface area contributed by atoms with Gasteiger partial charge in [0.05, 0.1) is 6.34 Å². The number of anilines is 2. The summed E-state index contributed by atoms with van der Waals surface area (Å²) < 4.78 is 17.1. The molecule has 1 aliphatic rings. The van der Waals surface area contributed by atoms with Crippen LogP contribution in [0.5, 0.6) is 0 Å². The molecule has 2 aromatic rings. The van der Waals surface area contributed by atoms with Gasteiger partial charge in [-0.2, -0.15) is 0 Å². The van der Waals surface area contributed by atoms with Gasteiger partial charge in [-0.05, 0) is 48.7 Å². The maximum absolute atomic E-state index is 12.8. The van der Waals surface area contributed by atoms with Gasteiger partial charge in [-0.3, -0.25) is 9.79 Å². The first-order valence-electron chi connectivity index (χ1n) is 8.62. The highest BCUT2D eigenvalue weighted by Gasteiger charge is 2.21. The number of carbonyl (C=O) groups is 1. The molecule has 1 fully saturated rings. The molecule has 1 saturated carbocycles. The molecular formula is C18H24FN5O2. The first-order valence-corrected chi connectivity index (χ1v) is 8.62. The summed E-state index contributed by atoms with van der Waals surface area (Å²) in [5.41, 5.74) is 1.48. The fraction of sp³-hybridized carbons (Fsp3) is 0.444. The molecule has 140 valence electrons. The molecule has 0 unspecified atom stereocenters. The van der Waals surface area contributed by atoms with Crippen molar-refractivity contribution in [3.63, 3.8) is 0 Å². The van der Waals surface area contributed by atoms with Crippen molar-refractivity contribution in [2.75, 3.05) is 17.7 Å². The van der Waals surface area contributed by atoms with Crippen molar-refractivity contribution in [3.05, 3.63) is 35.8 Å². The number of hydrogen-bond acceptors (Lipinski definition) is 5. The fourth-order valence-electron chi connectivity index (χ4n) is 2.69. The Morgan fingerprint density at radius 1 is 1.35 bits per heavy atom. The Bertz CT molecular complexity index is 712. The van der Waals surface area contributed by atoms with Crippen LogP contribution >= 0.6 is 0 Å². The molecular weight excluding hydrogens is 337 g/mol. The van der Waals surface area contributed by atoms with E-state index in [2.05, 4.69) is 30.6 Å². The molecule has 3 rings (SSSR count). The summed E-state index contributed by atoms with van der Waals surface area (Å²) >= 11 is 0. The second kappa shape index (κ2) is 10.3. The second-order valence-electron chi connectivity index (χ2n) is 6.11.